The number of thiophene rings is 1. The van der Waals surface area contributed by atoms with Crippen molar-refractivity contribution >= 4 is 31.9 Å². The normalized spacial score (nSPS) is 11.5. The molecule has 0 bridgehead atoms. The van der Waals surface area contributed by atoms with Crippen LogP contribution < -0.4 is 5.32 Å². The zero-order valence-corrected chi connectivity index (χ0v) is 15.5. The second kappa shape index (κ2) is 7.27. The molecule has 2 aromatic carbocycles. The quantitative estimate of drug-likeness (QED) is 0.503. The Bertz CT molecular complexity index is 976. The van der Waals surface area contributed by atoms with Crippen LogP contribution in [0.15, 0.2) is 70.9 Å². The van der Waals surface area contributed by atoms with Crippen LogP contribution in [0.4, 0.5) is 10.7 Å². The minimum Gasteiger partial charge on any atom is -0.360 e. The monoisotopic (exact) mass is 388 g/mol. The Hall–Kier alpha value is -2.71. The van der Waals surface area contributed by atoms with E-state index in [4.69, 9.17) is 0 Å². The molecule has 3 aromatic rings. The summed E-state index contributed by atoms with van der Waals surface area (Å²) in [5.74, 6) is 0. The predicted molar refractivity (Wildman–Crippen MR) is 102 cm³/mol. The molecule has 0 atom stereocenters. The van der Waals surface area contributed by atoms with Crippen LogP contribution in [-0.2, 0) is 9.84 Å². The van der Waals surface area contributed by atoms with Crippen molar-refractivity contribution in [2.45, 2.75) is 10.3 Å². The van der Waals surface area contributed by atoms with Gasteiger partial charge in [0.25, 0.3) is 0 Å². The van der Waals surface area contributed by atoms with E-state index in [9.17, 15) is 18.5 Å². The summed E-state index contributed by atoms with van der Waals surface area (Å²) in [6.45, 7) is 0. The van der Waals surface area contributed by atoms with Crippen LogP contribution >= 0.6 is 11.3 Å². The maximum absolute atomic E-state index is 11.8. The zero-order chi connectivity index (χ0) is 18.7. The number of hydrogen-bond donors (Lipinski definition) is 1. The number of anilines is 1. The number of benzene rings is 2. The molecule has 0 aliphatic heterocycles. The van der Waals surface area contributed by atoms with Gasteiger partial charge in [-0.05, 0) is 11.1 Å². The molecule has 0 fully saturated rings. The van der Waals surface area contributed by atoms with Crippen molar-refractivity contribution in [3.05, 3.63) is 88.0 Å². The van der Waals surface area contributed by atoms with Gasteiger partial charge in [-0.25, -0.2) is 8.42 Å². The van der Waals surface area contributed by atoms with Gasteiger partial charge in [0.2, 0.25) is 0 Å². The van der Waals surface area contributed by atoms with Crippen molar-refractivity contribution in [3.63, 3.8) is 0 Å². The first kappa shape index (κ1) is 18.1. The molecule has 0 aliphatic carbocycles. The van der Waals surface area contributed by atoms with Gasteiger partial charge in [-0.15, -0.1) is 0 Å². The topological polar surface area (TPSA) is 89.3 Å². The fourth-order valence-electron chi connectivity index (χ4n) is 2.56. The maximum atomic E-state index is 11.8. The van der Waals surface area contributed by atoms with E-state index in [1.165, 1.54) is 0 Å². The van der Waals surface area contributed by atoms with Crippen LogP contribution in [0.5, 0.6) is 0 Å². The largest absolute Gasteiger partial charge is 0.360 e. The van der Waals surface area contributed by atoms with Gasteiger partial charge in [0.15, 0.2) is 14.8 Å². The lowest BCUT2D eigenvalue weighted by molar-refractivity contribution is -0.383. The van der Waals surface area contributed by atoms with Crippen molar-refractivity contribution < 1.29 is 13.3 Å². The van der Waals surface area contributed by atoms with Crippen molar-refractivity contribution in [2.75, 3.05) is 11.6 Å². The second-order valence-electron chi connectivity index (χ2n) is 5.71. The Balaban J connectivity index is 2.08. The summed E-state index contributed by atoms with van der Waals surface area (Å²) in [5, 5.41) is 14.8. The van der Waals surface area contributed by atoms with Gasteiger partial charge in [0.05, 0.1) is 11.0 Å². The summed E-state index contributed by atoms with van der Waals surface area (Å²) in [7, 11) is -3.53. The van der Waals surface area contributed by atoms with Crippen LogP contribution in [0.25, 0.3) is 0 Å². The number of nitro groups is 1. The summed E-state index contributed by atoms with van der Waals surface area (Å²) in [4.78, 5) is 10.8. The molecule has 0 aliphatic rings. The van der Waals surface area contributed by atoms with Crippen LogP contribution in [0.1, 0.15) is 17.2 Å². The summed E-state index contributed by atoms with van der Waals surface area (Å²) < 4.78 is 23.6. The van der Waals surface area contributed by atoms with Crippen molar-refractivity contribution in [1.29, 1.82) is 0 Å². The smallest absolute Gasteiger partial charge is 0.304 e. The highest BCUT2D eigenvalue weighted by atomic mass is 32.2. The molecule has 3 rings (SSSR count). The fraction of sp³-hybridized carbons (Fsp3) is 0.111. The molecule has 0 saturated heterocycles. The molecule has 0 unspecified atom stereocenters. The molecule has 8 heteroatoms. The first-order valence-corrected chi connectivity index (χ1v) is 10.4. The van der Waals surface area contributed by atoms with Crippen LogP contribution in [-0.4, -0.2) is 19.6 Å². The lowest BCUT2D eigenvalue weighted by Gasteiger charge is -2.19. The highest BCUT2D eigenvalue weighted by Crippen LogP contribution is 2.40. The molecule has 0 radical (unpaired) electrons. The number of sulfone groups is 1. The number of nitrogens with one attached hydrogen (secondary N) is 1. The summed E-state index contributed by atoms with van der Waals surface area (Å²) in [6.07, 6.45) is 1.04. The molecule has 26 heavy (non-hydrogen) atoms. The van der Waals surface area contributed by atoms with Crippen molar-refractivity contribution in [3.8, 4) is 0 Å². The van der Waals surface area contributed by atoms with E-state index in [1.807, 2.05) is 60.7 Å². The minimum atomic E-state index is -3.53. The van der Waals surface area contributed by atoms with E-state index in [0.29, 0.717) is 0 Å². The van der Waals surface area contributed by atoms with Gasteiger partial charge in [-0.3, -0.25) is 10.1 Å². The average Bonchev–Trinajstić information content (AvgIpc) is 3.06. The van der Waals surface area contributed by atoms with Crippen LogP contribution in [0.2, 0.25) is 0 Å². The third-order valence-electron chi connectivity index (χ3n) is 3.79. The number of hydrogen-bond acceptors (Lipinski definition) is 6. The predicted octanol–water partition coefficient (Wildman–Crippen LogP) is 4.26. The molecular formula is C18H16N2O4S2. The standard InChI is InChI=1S/C18H16N2O4S2/c1-26(23,24)16-12-15(20(21)22)18(25-16)19-17(13-8-4-2-5-9-13)14-10-6-3-7-11-14/h2-12,17,19H,1H3. The Kier molecular flexibility index (Phi) is 5.06. The third-order valence-corrected chi connectivity index (χ3v) is 6.65. The second-order valence-corrected chi connectivity index (χ2v) is 9.00. The van der Waals surface area contributed by atoms with E-state index >= 15 is 0 Å². The highest BCUT2D eigenvalue weighted by molar-refractivity contribution is 7.92. The summed E-state index contributed by atoms with van der Waals surface area (Å²) in [6, 6.07) is 19.8. The molecule has 0 saturated carbocycles. The lowest BCUT2D eigenvalue weighted by Crippen LogP contribution is -2.12. The van der Waals surface area contributed by atoms with Crippen molar-refractivity contribution in [2.24, 2.45) is 0 Å². The van der Waals surface area contributed by atoms with E-state index < -0.39 is 14.8 Å². The molecule has 0 spiro atoms. The van der Waals surface area contributed by atoms with Gasteiger partial charge in [-0.2, -0.15) is 0 Å². The van der Waals surface area contributed by atoms with Gasteiger partial charge >= 0.3 is 5.69 Å². The summed E-state index contributed by atoms with van der Waals surface area (Å²) in [5.41, 5.74) is 1.59. The summed E-state index contributed by atoms with van der Waals surface area (Å²) >= 11 is 0.872. The molecule has 1 N–H and O–H groups in total. The van der Waals surface area contributed by atoms with E-state index in [2.05, 4.69) is 5.32 Å². The first-order valence-electron chi connectivity index (χ1n) is 7.71. The molecule has 1 aromatic heterocycles. The molecule has 1 heterocycles. The number of nitrogens with zero attached hydrogens (tertiary/aromatic N) is 1. The zero-order valence-electron chi connectivity index (χ0n) is 13.8. The Morgan fingerprint density at radius 2 is 1.50 bits per heavy atom. The van der Waals surface area contributed by atoms with Crippen LogP contribution in [0, 0.1) is 10.1 Å². The SMILES string of the molecule is CS(=O)(=O)c1cc([N+](=O)[O-])c(NC(c2ccccc2)c2ccccc2)s1. The third kappa shape index (κ3) is 3.92. The first-order chi connectivity index (χ1) is 12.4. The molecule has 0 amide bonds. The maximum Gasteiger partial charge on any atom is 0.304 e. The van der Waals surface area contributed by atoms with Gasteiger partial charge in [0.1, 0.15) is 4.21 Å². The fourth-order valence-corrected chi connectivity index (χ4v) is 4.53. The van der Waals surface area contributed by atoms with Gasteiger partial charge in [0, 0.05) is 12.3 Å². The lowest BCUT2D eigenvalue weighted by atomic mass is 9.99. The Labute approximate surface area is 155 Å². The molecule has 134 valence electrons. The average molecular weight is 388 g/mol. The minimum absolute atomic E-state index is 0.0356. The number of rotatable bonds is 6. The van der Waals surface area contributed by atoms with E-state index in [1.54, 1.807) is 0 Å². The molecular weight excluding hydrogens is 372 g/mol. The van der Waals surface area contributed by atoms with E-state index in [-0.39, 0.29) is 20.9 Å². The Morgan fingerprint density at radius 1 is 1.00 bits per heavy atom. The van der Waals surface area contributed by atoms with Gasteiger partial charge < -0.3 is 5.32 Å². The van der Waals surface area contributed by atoms with Crippen molar-refractivity contribution in [1.82, 2.24) is 0 Å². The molecule has 6 nitrogen and oxygen atoms in total. The van der Waals surface area contributed by atoms with Gasteiger partial charge in [-0.1, -0.05) is 72.0 Å². The van der Waals surface area contributed by atoms with E-state index in [0.717, 1.165) is 34.8 Å². The highest BCUT2D eigenvalue weighted by Gasteiger charge is 2.26. The van der Waals surface area contributed by atoms with Crippen LogP contribution in [0.3, 0.4) is 0 Å². The Morgan fingerprint density at radius 3 is 1.92 bits per heavy atom.